The maximum atomic E-state index is 13.7. The second-order valence-corrected chi connectivity index (χ2v) is 13.4. The summed E-state index contributed by atoms with van der Waals surface area (Å²) in [6, 6.07) is -2.78. The highest BCUT2D eigenvalue weighted by Gasteiger charge is 2.54. The van der Waals surface area contributed by atoms with Crippen molar-refractivity contribution >= 4 is 53.1 Å². The van der Waals surface area contributed by atoms with Crippen LogP contribution >= 0.6 is 18.1 Å². The van der Waals surface area contributed by atoms with Crippen LogP contribution in [0.15, 0.2) is 6.33 Å². The van der Waals surface area contributed by atoms with Crippen LogP contribution in [0.2, 0.25) is 0 Å². The molecule has 0 bridgehead atoms. The van der Waals surface area contributed by atoms with Crippen LogP contribution in [-0.2, 0) is 28.2 Å². The summed E-state index contributed by atoms with van der Waals surface area (Å²) in [6.07, 6.45) is -2.71. The van der Waals surface area contributed by atoms with Gasteiger partial charge in [-0.15, -0.1) is 0 Å². The summed E-state index contributed by atoms with van der Waals surface area (Å²) in [5.74, 6) is -1.56. The van der Waals surface area contributed by atoms with Gasteiger partial charge in [0.15, 0.2) is 17.4 Å². The van der Waals surface area contributed by atoms with E-state index in [1.807, 2.05) is 0 Å². The number of urea groups is 1. The molecule has 18 nitrogen and oxygen atoms in total. The lowest BCUT2D eigenvalue weighted by Gasteiger charge is -2.27. The van der Waals surface area contributed by atoms with Crippen LogP contribution in [0.25, 0.3) is 11.2 Å². The maximum Gasteiger partial charge on any atom is 0.327 e. The van der Waals surface area contributed by atoms with Gasteiger partial charge in [0.2, 0.25) is 11.8 Å². The molecular formula is C20H29N8O10PS. The number of imide groups is 1. The smallest absolute Gasteiger partial charge is 0.327 e. The number of esters is 1. The molecule has 0 radical (unpaired) electrons. The molecule has 2 fully saturated rings. The van der Waals surface area contributed by atoms with Crippen LogP contribution in [-0.4, -0.2) is 104 Å². The fraction of sp³-hybridized carbons (Fsp3) is 0.600. The molecule has 0 spiro atoms. The first kappa shape index (κ1) is 29.9. The highest BCUT2D eigenvalue weighted by Crippen LogP contribution is 2.57. The second kappa shape index (κ2) is 11.4. The molecule has 0 saturated carbocycles. The van der Waals surface area contributed by atoms with Gasteiger partial charge in [0.25, 0.3) is 5.91 Å². The predicted octanol–water partition coefficient (Wildman–Crippen LogP) is -1.36. The molecule has 20 heteroatoms. The molecule has 4 rings (SSSR count). The third kappa shape index (κ3) is 5.85. The minimum Gasteiger partial charge on any atom is -0.479 e. The van der Waals surface area contributed by atoms with Crippen molar-refractivity contribution in [2.45, 2.75) is 50.0 Å². The van der Waals surface area contributed by atoms with Crippen LogP contribution in [0, 0.1) is 0 Å². The highest BCUT2D eigenvalue weighted by molar-refractivity contribution is 8.56. The van der Waals surface area contributed by atoms with Gasteiger partial charge < -0.3 is 40.0 Å². The number of imidazole rings is 1. The first-order valence-corrected chi connectivity index (χ1v) is 15.0. The van der Waals surface area contributed by atoms with Gasteiger partial charge in [-0.05, 0) is 13.8 Å². The predicted molar refractivity (Wildman–Crippen MR) is 138 cm³/mol. The van der Waals surface area contributed by atoms with E-state index < -0.39 is 67.4 Å². The summed E-state index contributed by atoms with van der Waals surface area (Å²) < 4.78 is 36.5. The van der Waals surface area contributed by atoms with Crippen molar-refractivity contribution in [3.05, 3.63) is 6.33 Å². The minimum absolute atomic E-state index is 0.0928. The molecule has 7 atom stereocenters. The van der Waals surface area contributed by atoms with Gasteiger partial charge in [-0.3, -0.25) is 24.0 Å². The van der Waals surface area contributed by atoms with Crippen molar-refractivity contribution in [3.63, 3.8) is 0 Å². The first-order valence-electron chi connectivity index (χ1n) is 11.8. The first-order chi connectivity index (χ1) is 18.8. The molecule has 0 aromatic carbocycles. The van der Waals surface area contributed by atoms with E-state index in [4.69, 9.17) is 19.7 Å². The Bertz CT molecular complexity index is 1360. The number of nitrogens with one attached hydrogen (secondary N) is 3. The average Bonchev–Trinajstić information content (AvgIpc) is 3.53. The van der Waals surface area contributed by atoms with E-state index in [-0.39, 0.29) is 28.7 Å². The maximum absolute atomic E-state index is 13.7. The Morgan fingerprint density at radius 3 is 2.75 bits per heavy atom. The molecule has 7 N–H and O–H groups in total. The zero-order chi connectivity index (χ0) is 29.4. The molecule has 4 heterocycles. The summed E-state index contributed by atoms with van der Waals surface area (Å²) in [6.45, 7) is -1.82. The van der Waals surface area contributed by atoms with Gasteiger partial charge in [0.1, 0.15) is 29.9 Å². The Kier molecular flexibility index (Phi) is 8.55. The number of fused-ring (bicyclic) bond motifs is 1. The number of hydrogen-bond donors (Lipinski definition) is 6. The number of aromatic nitrogens is 4. The number of aliphatic hydroxyl groups is 2. The Labute approximate surface area is 230 Å². The summed E-state index contributed by atoms with van der Waals surface area (Å²) >= 11 is 0.653. The van der Waals surface area contributed by atoms with Crippen molar-refractivity contribution in [2.24, 2.45) is 0 Å². The lowest BCUT2D eigenvalue weighted by atomic mass is 9.96. The van der Waals surface area contributed by atoms with Crippen molar-refractivity contribution in [3.8, 4) is 5.88 Å². The largest absolute Gasteiger partial charge is 0.479 e. The van der Waals surface area contributed by atoms with Gasteiger partial charge >= 0.3 is 18.7 Å². The average molecular weight is 605 g/mol. The van der Waals surface area contributed by atoms with Crippen LogP contribution in [0.4, 0.5) is 10.7 Å². The fourth-order valence-corrected chi connectivity index (χ4v) is 7.96. The number of nitrogen functional groups attached to an aromatic ring is 1. The van der Waals surface area contributed by atoms with Gasteiger partial charge in [-0.2, -0.15) is 9.97 Å². The topological polar surface area (TPSA) is 251 Å². The van der Waals surface area contributed by atoms with Crippen molar-refractivity contribution in [2.75, 3.05) is 32.3 Å². The van der Waals surface area contributed by atoms with Gasteiger partial charge in [0.05, 0.1) is 27.2 Å². The Hall–Kier alpha value is -3.06. The summed E-state index contributed by atoms with van der Waals surface area (Å²) in [5, 5.41) is 29.1. The van der Waals surface area contributed by atoms with Gasteiger partial charge in [0, 0.05) is 5.75 Å². The number of rotatable bonds is 11. The van der Waals surface area contributed by atoms with Gasteiger partial charge in [-0.25, -0.2) is 14.9 Å². The molecule has 40 heavy (non-hydrogen) atoms. The molecule has 1 unspecified atom stereocenters. The lowest BCUT2D eigenvalue weighted by molar-refractivity contribution is -0.142. The lowest BCUT2D eigenvalue weighted by Crippen LogP contribution is -2.44. The van der Waals surface area contributed by atoms with Crippen LogP contribution in [0.3, 0.4) is 0 Å². The number of carbonyl (C=O) groups is 3. The number of hydrogen-bond acceptors (Lipinski definition) is 15. The summed E-state index contributed by atoms with van der Waals surface area (Å²) in [4.78, 5) is 47.6. The third-order valence-corrected chi connectivity index (χ3v) is 10.3. The number of anilines is 1. The fourth-order valence-electron chi connectivity index (χ4n) is 4.10. The zero-order valence-electron chi connectivity index (χ0n) is 21.8. The second-order valence-electron chi connectivity index (χ2n) is 9.09. The van der Waals surface area contributed by atoms with E-state index in [0.29, 0.717) is 11.4 Å². The molecule has 2 aliphatic heterocycles. The number of nitrogens with zero attached hydrogens (tertiary/aromatic N) is 4. The van der Waals surface area contributed by atoms with Crippen LogP contribution in [0.5, 0.6) is 5.88 Å². The highest BCUT2D eigenvalue weighted by atomic mass is 32.7. The summed E-state index contributed by atoms with van der Waals surface area (Å²) in [5.41, 5.74) is 4.25. The Balaban J connectivity index is 1.53. The Morgan fingerprint density at radius 1 is 1.40 bits per heavy atom. The number of methoxy groups -OCH3 is 2. The normalized spacial score (nSPS) is 28.6. The van der Waals surface area contributed by atoms with Crippen molar-refractivity contribution < 1.29 is 47.9 Å². The molecule has 2 aromatic rings. The molecule has 2 aliphatic rings. The van der Waals surface area contributed by atoms with E-state index >= 15 is 0 Å². The van der Waals surface area contributed by atoms with E-state index in [1.165, 1.54) is 31.9 Å². The molecule has 3 amide bonds. The van der Waals surface area contributed by atoms with Crippen LogP contribution < -0.4 is 26.2 Å². The standard InChI is InChI=1S/C20H29N8O10PS/c1-8(16(31)36-4)27-39(34,40-6-9-14(30)25-19(32)23-9)37-5-10-12(29)20(2,33)17(38-10)28-7-22-11-13(28)24-18(21)26-15(11)35-3/h7-10,12,17,29,33H,5-6H2,1-4H3,(H,27,34)(H2,21,24,26)(H2,23,25,30,32)/t8-,9?,10-,12-,17-,20-,39+/m1/s1. The minimum atomic E-state index is -4.01. The number of amides is 3. The van der Waals surface area contributed by atoms with Crippen LogP contribution in [0.1, 0.15) is 20.1 Å². The Morgan fingerprint density at radius 2 is 2.12 bits per heavy atom. The number of nitrogens with two attached hydrogens (primary N) is 1. The number of ether oxygens (including phenoxy) is 3. The number of aliphatic hydroxyl groups excluding tert-OH is 1. The summed E-state index contributed by atoms with van der Waals surface area (Å²) in [7, 11) is 2.52. The van der Waals surface area contributed by atoms with E-state index in [0.717, 1.165) is 7.11 Å². The quantitative estimate of drug-likeness (QED) is 0.0984. The molecular weight excluding hydrogens is 575 g/mol. The SMILES string of the molecule is COC(=O)[C@@H](C)N[P@](=O)(OC[C@H]1O[C@@H](n2cnc3c(OC)nc(N)nc32)[C@](C)(O)[C@@H]1O)SCC1NC(=O)NC1=O. The van der Waals surface area contributed by atoms with Crippen molar-refractivity contribution in [1.29, 1.82) is 0 Å². The third-order valence-electron chi connectivity index (χ3n) is 6.19. The van der Waals surface area contributed by atoms with E-state index in [2.05, 4.69) is 35.4 Å². The zero-order valence-corrected chi connectivity index (χ0v) is 23.5. The van der Waals surface area contributed by atoms with E-state index in [9.17, 15) is 29.2 Å². The van der Waals surface area contributed by atoms with Gasteiger partial charge in [-0.1, -0.05) is 11.4 Å². The van der Waals surface area contributed by atoms with Crippen molar-refractivity contribution in [1.82, 2.24) is 35.2 Å². The molecule has 0 aliphatic carbocycles. The molecule has 220 valence electrons. The number of carbonyl (C=O) groups excluding carboxylic acids is 3. The van der Waals surface area contributed by atoms with E-state index in [1.54, 1.807) is 0 Å². The monoisotopic (exact) mass is 604 g/mol. The molecule has 2 aromatic heterocycles. The molecule has 2 saturated heterocycles.